The van der Waals surface area contributed by atoms with Gasteiger partial charge in [0, 0.05) is 11.4 Å². The van der Waals surface area contributed by atoms with E-state index in [1.807, 2.05) is 30.5 Å². The van der Waals surface area contributed by atoms with Gasteiger partial charge in [-0.15, -0.1) is 11.8 Å². The maximum absolute atomic E-state index is 11.6. The van der Waals surface area contributed by atoms with E-state index in [2.05, 4.69) is 10.6 Å². The minimum atomic E-state index is -0.443. The largest absolute Gasteiger partial charge is 0.392 e. The highest BCUT2D eigenvalue weighted by atomic mass is 32.2. The molecule has 0 saturated heterocycles. The van der Waals surface area contributed by atoms with Gasteiger partial charge in [0.05, 0.1) is 18.3 Å². The molecule has 1 amide bonds. The Morgan fingerprint density at radius 1 is 1.47 bits per heavy atom. The van der Waals surface area contributed by atoms with Crippen molar-refractivity contribution in [3.63, 3.8) is 0 Å². The number of benzene rings is 1. The van der Waals surface area contributed by atoms with Crippen molar-refractivity contribution >= 4 is 23.4 Å². The molecule has 0 fully saturated rings. The fraction of sp³-hybridized carbons (Fsp3) is 0.417. The van der Waals surface area contributed by atoms with E-state index in [1.165, 1.54) is 0 Å². The van der Waals surface area contributed by atoms with E-state index in [1.54, 1.807) is 18.7 Å². The lowest BCUT2D eigenvalue weighted by Gasteiger charge is -2.10. The molecule has 0 aliphatic carbocycles. The molecular weight excluding hydrogens is 236 g/mol. The number of para-hydroxylation sites is 1. The molecule has 0 saturated carbocycles. The van der Waals surface area contributed by atoms with Crippen molar-refractivity contribution in [2.75, 3.05) is 24.7 Å². The zero-order valence-electron chi connectivity index (χ0n) is 10.1. The van der Waals surface area contributed by atoms with E-state index in [0.29, 0.717) is 6.54 Å². The van der Waals surface area contributed by atoms with Gasteiger partial charge in [-0.2, -0.15) is 0 Å². The van der Waals surface area contributed by atoms with Crippen LogP contribution in [0.1, 0.15) is 6.92 Å². The summed E-state index contributed by atoms with van der Waals surface area (Å²) in [5, 5.41) is 14.7. The Kier molecular flexibility index (Phi) is 6.04. The van der Waals surface area contributed by atoms with E-state index in [-0.39, 0.29) is 12.5 Å². The van der Waals surface area contributed by atoms with Gasteiger partial charge in [0.2, 0.25) is 5.91 Å². The molecule has 1 aromatic carbocycles. The summed E-state index contributed by atoms with van der Waals surface area (Å²) in [5.41, 5.74) is 0.823. The first-order valence-electron chi connectivity index (χ1n) is 5.45. The van der Waals surface area contributed by atoms with Gasteiger partial charge >= 0.3 is 0 Å². The Morgan fingerprint density at radius 2 is 2.18 bits per heavy atom. The van der Waals surface area contributed by atoms with E-state index in [0.717, 1.165) is 10.6 Å². The summed E-state index contributed by atoms with van der Waals surface area (Å²) in [4.78, 5) is 12.6. The smallest absolute Gasteiger partial charge is 0.238 e. The summed E-state index contributed by atoms with van der Waals surface area (Å²) in [6.07, 6.45) is 1.53. The van der Waals surface area contributed by atoms with Gasteiger partial charge in [-0.1, -0.05) is 12.1 Å². The maximum Gasteiger partial charge on any atom is 0.238 e. The minimum absolute atomic E-state index is 0.104. The van der Waals surface area contributed by atoms with Crippen LogP contribution >= 0.6 is 11.8 Å². The monoisotopic (exact) mass is 254 g/mol. The number of nitrogens with one attached hydrogen (secondary N) is 2. The fourth-order valence-corrected chi connectivity index (χ4v) is 1.89. The van der Waals surface area contributed by atoms with Crippen molar-refractivity contribution < 1.29 is 9.90 Å². The molecule has 0 spiro atoms. The summed E-state index contributed by atoms with van der Waals surface area (Å²) in [5.74, 6) is -0.104. The zero-order chi connectivity index (χ0) is 12.7. The molecule has 5 heteroatoms. The molecule has 1 atom stereocenters. The number of amides is 1. The first-order chi connectivity index (χ1) is 8.13. The van der Waals surface area contributed by atoms with Gasteiger partial charge in [-0.25, -0.2) is 0 Å². The van der Waals surface area contributed by atoms with Crippen LogP contribution < -0.4 is 10.6 Å². The van der Waals surface area contributed by atoms with Crippen molar-refractivity contribution in [1.29, 1.82) is 0 Å². The van der Waals surface area contributed by atoms with Gasteiger partial charge in [0.25, 0.3) is 0 Å². The summed E-state index contributed by atoms with van der Waals surface area (Å²) in [7, 11) is 0. The number of thioether (sulfide) groups is 1. The van der Waals surface area contributed by atoms with Crippen LogP contribution in [0.5, 0.6) is 0 Å². The van der Waals surface area contributed by atoms with Crippen LogP contribution in [0.25, 0.3) is 0 Å². The number of hydrogen-bond acceptors (Lipinski definition) is 4. The number of hydrogen-bond donors (Lipinski definition) is 3. The molecule has 0 unspecified atom stereocenters. The summed E-state index contributed by atoms with van der Waals surface area (Å²) < 4.78 is 0. The molecule has 1 rings (SSSR count). The van der Waals surface area contributed by atoms with Gasteiger partial charge in [0.15, 0.2) is 0 Å². The SMILES string of the molecule is CSc1ccccc1NC(=O)CNC[C@H](C)O. The van der Waals surface area contributed by atoms with E-state index in [9.17, 15) is 4.79 Å². The predicted octanol–water partition coefficient (Wildman–Crippen LogP) is 1.32. The van der Waals surface area contributed by atoms with Crippen LogP contribution in [0.15, 0.2) is 29.2 Å². The summed E-state index contributed by atoms with van der Waals surface area (Å²) in [6.45, 7) is 2.29. The number of aliphatic hydroxyl groups is 1. The van der Waals surface area contributed by atoms with Crippen molar-refractivity contribution in [2.24, 2.45) is 0 Å². The van der Waals surface area contributed by atoms with Gasteiger partial charge in [-0.3, -0.25) is 4.79 Å². The molecule has 0 aliphatic rings. The molecule has 94 valence electrons. The molecule has 3 N–H and O–H groups in total. The number of anilines is 1. The zero-order valence-corrected chi connectivity index (χ0v) is 10.9. The first-order valence-corrected chi connectivity index (χ1v) is 6.67. The van der Waals surface area contributed by atoms with Crippen molar-refractivity contribution in [1.82, 2.24) is 5.32 Å². The summed E-state index contributed by atoms with van der Waals surface area (Å²) >= 11 is 1.59. The molecular formula is C12H18N2O2S. The topological polar surface area (TPSA) is 61.4 Å². The summed E-state index contributed by atoms with van der Waals surface area (Å²) in [6, 6.07) is 7.66. The third-order valence-electron chi connectivity index (χ3n) is 2.11. The second-order valence-electron chi connectivity index (χ2n) is 3.73. The first kappa shape index (κ1) is 14.0. The maximum atomic E-state index is 11.6. The highest BCUT2D eigenvalue weighted by molar-refractivity contribution is 7.98. The Labute approximate surface area is 106 Å². The average molecular weight is 254 g/mol. The van der Waals surface area contributed by atoms with Crippen LogP contribution in [-0.2, 0) is 4.79 Å². The van der Waals surface area contributed by atoms with Crippen LogP contribution in [-0.4, -0.2) is 36.5 Å². The standard InChI is InChI=1S/C12H18N2O2S/c1-9(15)7-13-8-12(16)14-10-5-3-4-6-11(10)17-2/h3-6,9,13,15H,7-8H2,1-2H3,(H,14,16)/t9-/m0/s1. The quantitative estimate of drug-likeness (QED) is 0.670. The Hall–Kier alpha value is -1.04. The van der Waals surface area contributed by atoms with Crippen molar-refractivity contribution in [3.8, 4) is 0 Å². The van der Waals surface area contributed by atoms with E-state index < -0.39 is 6.10 Å². The predicted molar refractivity (Wildman–Crippen MR) is 71.4 cm³/mol. The van der Waals surface area contributed by atoms with E-state index >= 15 is 0 Å². The highest BCUT2D eigenvalue weighted by Crippen LogP contribution is 2.24. The Bertz CT molecular complexity index is 369. The van der Waals surface area contributed by atoms with Gasteiger partial charge in [0.1, 0.15) is 0 Å². The number of carbonyl (C=O) groups excluding carboxylic acids is 1. The molecule has 0 heterocycles. The van der Waals surface area contributed by atoms with Crippen LogP contribution in [0.2, 0.25) is 0 Å². The average Bonchev–Trinajstić information content (AvgIpc) is 2.29. The Morgan fingerprint density at radius 3 is 2.82 bits per heavy atom. The molecule has 17 heavy (non-hydrogen) atoms. The molecule has 0 aliphatic heterocycles. The number of carbonyl (C=O) groups is 1. The van der Waals surface area contributed by atoms with E-state index in [4.69, 9.17) is 5.11 Å². The van der Waals surface area contributed by atoms with Crippen molar-refractivity contribution in [3.05, 3.63) is 24.3 Å². The van der Waals surface area contributed by atoms with Crippen LogP contribution in [0.3, 0.4) is 0 Å². The van der Waals surface area contributed by atoms with Crippen molar-refractivity contribution in [2.45, 2.75) is 17.9 Å². The lowest BCUT2D eigenvalue weighted by Crippen LogP contribution is -2.32. The molecule has 0 aromatic heterocycles. The van der Waals surface area contributed by atoms with Gasteiger partial charge in [-0.05, 0) is 25.3 Å². The van der Waals surface area contributed by atoms with Gasteiger partial charge < -0.3 is 15.7 Å². The lowest BCUT2D eigenvalue weighted by molar-refractivity contribution is -0.115. The highest BCUT2D eigenvalue weighted by Gasteiger charge is 2.05. The minimum Gasteiger partial charge on any atom is -0.392 e. The molecule has 0 radical (unpaired) electrons. The third-order valence-corrected chi connectivity index (χ3v) is 2.90. The molecule has 0 bridgehead atoms. The normalized spacial score (nSPS) is 12.2. The van der Waals surface area contributed by atoms with Crippen LogP contribution in [0, 0.1) is 0 Å². The second kappa shape index (κ2) is 7.32. The second-order valence-corrected chi connectivity index (χ2v) is 4.58. The lowest BCUT2D eigenvalue weighted by atomic mass is 10.3. The Balaban J connectivity index is 2.45. The number of aliphatic hydroxyl groups excluding tert-OH is 1. The van der Waals surface area contributed by atoms with Crippen LogP contribution in [0.4, 0.5) is 5.69 Å². The fourth-order valence-electron chi connectivity index (χ4n) is 1.34. The molecule has 1 aromatic rings. The molecule has 4 nitrogen and oxygen atoms in total. The third kappa shape index (κ3) is 5.21. The number of rotatable bonds is 6.